The van der Waals surface area contributed by atoms with Gasteiger partial charge in [0.25, 0.3) is 0 Å². The maximum absolute atomic E-state index is 5.60. The first-order valence-corrected chi connectivity index (χ1v) is 6.98. The van der Waals surface area contributed by atoms with E-state index in [-0.39, 0.29) is 0 Å². The van der Waals surface area contributed by atoms with Crippen LogP contribution in [-0.4, -0.2) is 32.8 Å². The van der Waals surface area contributed by atoms with Gasteiger partial charge in [-0.05, 0) is 37.5 Å². The molecule has 0 aromatic heterocycles. The van der Waals surface area contributed by atoms with Gasteiger partial charge in [0.15, 0.2) is 11.5 Å². The summed E-state index contributed by atoms with van der Waals surface area (Å²) >= 11 is 0. The quantitative estimate of drug-likeness (QED) is 0.717. The molecule has 0 spiro atoms. The second kappa shape index (κ2) is 8.77. The fraction of sp³-hybridized carbons (Fsp3) is 0.600. The van der Waals surface area contributed by atoms with Gasteiger partial charge in [0, 0.05) is 19.1 Å². The first-order chi connectivity index (χ1) is 9.24. The van der Waals surface area contributed by atoms with E-state index in [0.717, 1.165) is 30.9 Å². The third-order valence-corrected chi connectivity index (χ3v) is 3.08. The van der Waals surface area contributed by atoms with Crippen molar-refractivity contribution >= 4 is 0 Å². The lowest BCUT2D eigenvalue weighted by molar-refractivity contribution is 0.310. The Morgan fingerprint density at radius 3 is 2.63 bits per heavy atom. The molecular weight excluding hydrogens is 240 g/mol. The van der Waals surface area contributed by atoms with E-state index in [0.29, 0.717) is 19.2 Å². The van der Waals surface area contributed by atoms with E-state index in [9.17, 15) is 0 Å². The lowest BCUT2D eigenvalue weighted by atomic mass is 10.0. The number of nitrogens with two attached hydrogens (primary N) is 1. The number of rotatable bonds is 9. The van der Waals surface area contributed by atoms with E-state index < -0.39 is 0 Å². The number of nitrogens with one attached hydrogen (secondary N) is 1. The van der Waals surface area contributed by atoms with E-state index in [4.69, 9.17) is 15.2 Å². The van der Waals surface area contributed by atoms with Crippen LogP contribution < -0.4 is 20.5 Å². The van der Waals surface area contributed by atoms with Crippen LogP contribution in [0.1, 0.15) is 25.8 Å². The largest absolute Gasteiger partial charge is 0.493 e. The minimum Gasteiger partial charge on any atom is -0.493 e. The van der Waals surface area contributed by atoms with Gasteiger partial charge in [0.05, 0.1) is 13.7 Å². The normalized spacial score (nSPS) is 12.2. The Labute approximate surface area is 116 Å². The minimum absolute atomic E-state index is 0.450. The average molecular weight is 266 g/mol. The standard InChI is InChI=1S/C15H26N2O2/c1-4-13(17-9-8-16)10-12-6-7-14(18-3)15(11-12)19-5-2/h6-7,11,13,17H,4-5,8-10,16H2,1-3H3. The zero-order valence-corrected chi connectivity index (χ0v) is 12.2. The van der Waals surface area contributed by atoms with Crippen molar-refractivity contribution < 1.29 is 9.47 Å². The topological polar surface area (TPSA) is 56.5 Å². The van der Waals surface area contributed by atoms with Gasteiger partial charge in [-0.25, -0.2) is 0 Å². The highest BCUT2D eigenvalue weighted by atomic mass is 16.5. The predicted octanol–water partition coefficient (Wildman–Crippen LogP) is 1.96. The predicted molar refractivity (Wildman–Crippen MR) is 79.0 cm³/mol. The molecule has 108 valence electrons. The molecule has 0 fully saturated rings. The minimum atomic E-state index is 0.450. The van der Waals surface area contributed by atoms with Crippen molar-refractivity contribution in [1.29, 1.82) is 0 Å². The van der Waals surface area contributed by atoms with Crippen molar-refractivity contribution in [2.24, 2.45) is 5.73 Å². The second-order valence-corrected chi connectivity index (χ2v) is 4.47. The summed E-state index contributed by atoms with van der Waals surface area (Å²) in [5.74, 6) is 1.60. The van der Waals surface area contributed by atoms with E-state index in [1.165, 1.54) is 5.56 Å². The Bertz CT molecular complexity index is 369. The van der Waals surface area contributed by atoms with Crippen LogP contribution in [0.4, 0.5) is 0 Å². The van der Waals surface area contributed by atoms with Gasteiger partial charge in [-0.15, -0.1) is 0 Å². The molecule has 4 nitrogen and oxygen atoms in total. The van der Waals surface area contributed by atoms with Crippen molar-refractivity contribution in [2.45, 2.75) is 32.7 Å². The van der Waals surface area contributed by atoms with E-state index in [2.05, 4.69) is 24.4 Å². The van der Waals surface area contributed by atoms with Crippen LogP contribution in [0.25, 0.3) is 0 Å². The molecule has 4 heteroatoms. The summed E-state index contributed by atoms with van der Waals surface area (Å²) in [6, 6.07) is 6.57. The molecule has 0 aliphatic carbocycles. The summed E-state index contributed by atoms with van der Waals surface area (Å²) in [4.78, 5) is 0. The molecule has 0 radical (unpaired) electrons. The molecule has 1 aromatic carbocycles. The maximum Gasteiger partial charge on any atom is 0.161 e. The molecule has 1 unspecified atom stereocenters. The van der Waals surface area contributed by atoms with Crippen LogP contribution in [-0.2, 0) is 6.42 Å². The van der Waals surface area contributed by atoms with E-state index >= 15 is 0 Å². The van der Waals surface area contributed by atoms with Crippen LogP contribution in [0.2, 0.25) is 0 Å². The Hall–Kier alpha value is -1.26. The molecule has 19 heavy (non-hydrogen) atoms. The lowest BCUT2D eigenvalue weighted by Gasteiger charge is -2.17. The highest BCUT2D eigenvalue weighted by Gasteiger charge is 2.10. The van der Waals surface area contributed by atoms with Crippen LogP contribution >= 0.6 is 0 Å². The first-order valence-electron chi connectivity index (χ1n) is 6.98. The second-order valence-electron chi connectivity index (χ2n) is 4.47. The molecule has 0 bridgehead atoms. The average Bonchev–Trinajstić information content (AvgIpc) is 2.44. The highest BCUT2D eigenvalue weighted by Crippen LogP contribution is 2.28. The number of ether oxygens (including phenoxy) is 2. The van der Waals surface area contributed by atoms with Gasteiger partial charge in [0.2, 0.25) is 0 Å². The highest BCUT2D eigenvalue weighted by molar-refractivity contribution is 5.43. The molecule has 0 saturated heterocycles. The molecule has 0 saturated carbocycles. The smallest absolute Gasteiger partial charge is 0.161 e. The lowest BCUT2D eigenvalue weighted by Crippen LogP contribution is -2.34. The SMILES string of the molecule is CCOc1cc(CC(CC)NCCN)ccc1OC. The summed E-state index contributed by atoms with van der Waals surface area (Å²) in [5, 5.41) is 3.45. The molecular formula is C15H26N2O2. The van der Waals surface area contributed by atoms with Gasteiger partial charge in [-0.2, -0.15) is 0 Å². The first kappa shape index (κ1) is 15.8. The number of hydrogen-bond donors (Lipinski definition) is 2. The van der Waals surface area contributed by atoms with Crippen molar-refractivity contribution in [1.82, 2.24) is 5.32 Å². The summed E-state index contributed by atoms with van der Waals surface area (Å²) in [5.41, 5.74) is 6.78. The van der Waals surface area contributed by atoms with Gasteiger partial charge in [0.1, 0.15) is 0 Å². The fourth-order valence-corrected chi connectivity index (χ4v) is 2.05. The number of methoxy groups -OCH3 is 1. The van der Waals surface area contributed by atoms with E-state index in [1.807, 2.05) is 13.0 Å². The zero-order chi connectivity index (χ0) is 14.1. The molecule has 1 aromatic rings. The molecule has 0 heterocycles. The number of benzene rings is 1. The summed E-state index contributed by atoms with van der Waals surface area (Å²) in [7, 11) is 1.66. The van der Waals surface area contributed by atoms with Crippen molar-refractivity contribution in [3.63, 3.8) is 0 Å². The monoisotopic (exact) mass is 266 g/mol. The summed E-state index contributed by atoms with van der Waals surface area (Å²) in [6.07, 6.45) is 2.05. The molecule has 1 rings (SSSR count). The molecule has 0 aliphatic rings. The Kier molecular flexibility index (Phi) is 7.30. The van der Waals surface area contributed by atoms with Crippen LogP contribution in [0.15, 0.2) is 18.2 Å². The zero-order valence-electron chi connectivity index (χ0n) is 12.2. The van der Waals surface area contributed by atoms with Gasteiger partial charge < -0.3 is 20.5 Å². The number of hydrogen-bond acceptors (Lipinski definition) is 4. The molecule has 1 atom stereocenters. The van der Waals surface area contributed by atoms with Crippen molar-refractivity contribution in [3.8, 4) is 11.5 Å². The Balaban J connectivity index is 2.74. The molecule has 0 aliphatic heterocycles. The molecule has 0 amide bonds. The maximum atomic E-state index is 5.60. The van der Waals surface area contributed by atoms with Gasteiger partial charge in [-0.1, -0.05) is 13.0 Å². The Morgan fingerprint density at radius 2 is 2.05 bits per heavy atom. The van der Waals surface area contributed by atoms with E-state index in [1.54, 1.807) is 7.11 Å². The van der Waals surface area contributed by atoms with Gasteiger partial charge >= 0.3 is 0 Å². The van der Waals surface area contributed by atoms with Crippen LogP contribution in [0.5, 0.6) is 11.5 Å². The van der Waals surface area contributed by atoms with Crippen molar-refractivity contribution in [3.05, 3.63) is 23.8 Å². The Morgan fingerprint density at radius 1 is 1.26 bits per heavy atom. The third kappa shape index (κ3) is 5.09. The summed E-state index contributed by atoms with van der Waals surface area (Å²) < 4.78 is 10.9. The summed E-state index contributed by atoms with van der Waals surface area (Å²) in [6.45, 7) is 6.32. The van der Waals surface area contributed by atoms with Crippen molar-refractivity contribution in [2.75, 3.05) is 26.8 Å². The van der Waals surface area contributed by atoms with Gasteiger partial charge in [-0.3, -0.25) is 0 Å². The van der Waals surface area contributed by atoms with Crippen LogP contribution in [0.3, 0.4) is 0 Å². The van der Waals surface area contributed by atoms with Crippen LogP contribution in [0, 0.1) is 0 Å². The fourth-order valence-electron chi connectivity index (χ4n) is 2.05. The third-order valence-electron chi connectivity index (χ3n) is 3.08. The molecule has 3 N–H and O–H groups in total.